The van der Waals surface area contributed by atoms with Crippen molar-refractivity contribution >= 4 is 11.6 Å². The first kappa shape index (κ1) is 18.0. The predicted molar refractivity (Wildman–Crippen MR) is 96.9 cm³/mol. The van der Waals surface area contributed by atoms with Crippen LogP contribution >= 0.6 is 0 Å². The maximum atomic E-state index is 12.7. The minimum absolute atomic E-state index is 0.0201. The second-order valence-corrected chi connectivity index (χ2v) is 8.66. The van der Waals surface area contributed by atoms with Crippen LogP contribution in [0.4, 0.5) is 0 Å². The van der Waals surface area contributed by atoms with Crippen molar-refractivity contribution < 1.29 is 14.8 Å². The van der Waals surface area contributed by atoms with Crippen LogP contribution < -0.4 is 0 Å². The molecule has 4 heteroatoms. The summed E-state index contributed by atoms with van der Waals surface area (Å²) in [6.45, 7) is 8.19. The third kappa shape index (κ3) is 3.33. The number of Topliss-reactive ketones (excluding diaryl/α,β-unsaturated/α-hetero) is 1. The molecule has 0 saturated carbocycles. The van der Waals surface area contributed by atoms with Crippen LogP contribution in [0.5, 0.6) is 0 Å². The van der Waals surface area contributed by atoms with Gasteiger partial charge in [-0.05, 0) is 65.4 Å². The number of allylic oxidation sites excluding steroid dienone is 2. The number of piperidine rings is 1. The number of nitrogens with zero attached hydrogens (tertiary/aromatic N) is 1. The van der Waals surface area contributed by atoms with E-state index in [1.807, 2.05) is 27.7 Å². The fraction of sp³-hybridized carbons (Fsp3) is 0.524. The molecule has 25 heavy (non-hydrogen) atoms. The van der Waals surface area contributed by atoms with E-state index in [0.29, 0.717) is 29.0 Å². The van der Waals surface area contributed by atoms with E-state index in [1.54, 1.807) is 24.3 Å². The second-order valence-electron chi connectivity index (χ2n) is 8.66. The summed E-state index contributed by atoms with van der Waals surface area (Å²) < 4.78 is 0. The van der Waals surface area contributed by atoms with Gasteiger partial charge in [0.05, 0.1) is 0 Å². The SMILES string of the molecule is CC1(C)CC(CCC2=CC(=O)c3ccccc3C2=O)CC(C)(C)N1O. The van der Waals surface area contributed by atoms with Gasteiger partial charge in [0.25, 0.3) is 0 Å². The van der Waals surface area contributed by atoms with Gasteiger partial charge in [-0.25, -0.2) is 0 Å². The summed E-state index contributed by atoms with van der Waals surface area (Å²) >= 11 is 0. The van der Waals surface area contributed by atoms with Gasteiger partial charge >= 0.3 is 0 Å². The maximum absolute atomic E-state index is 12.7. The minimum Gasteiger partial charge on any atom is -0.313 e. The third-order valence-corrected chi connectivity index (χ3v) is 5.58. The molecule has 1 aliphatic carbocycles. The number of ketones is 2. The Labute approximate surface area is 149 Å². The van der Waals surface area contributed by atoms with E-state index in [2.05, 4.69) is 0 Å². The van der Waals surface area contributed by atoms with Gasteiger partial charge in [-0.1, -0.05) is 24.3 Å². The highest BCUT2D eigenvalue weighted by molar-refractivity contribution is 6.24. The van der Waals surface area contributed by atoms with Crippen molar-refractivity contribution in [3.8, 4) is 0 Å². The van der Waals surface area contributed by atoms with Crippen LogP contribution in [-0.2, 0) is 0 Å². The summed E-state index contributed by atoms with van der Waals surface area (Å²) in [5.41, 5.74) is 1.06. The van der Waals surface area contributed by atoms with E-state index in [9.17, 15) is 14.8 Å². The minimum atomic E-state index is -0.292. The van der Waals surface area contributed by atoms with Crippen LogP contribution in [-0.4, -0.2) is 32.9 Å². The fourth-order valence-electron chi connectivity index (χ4n) is 4.60. The van der Waals surface area contributed by atoms with Crippen molar-refractivity contribution in [2.24, 2.45) is 5.92 Å². The van der Waals surface area contributed by atoms with E-state index in [-0.39, 0.29) is 22.6 Å². The Hall–Kier alpha value is -1.78. The average Bonchev–Trinajstić information content (AvgIpc) is 2.54. The molecule has 0 spiro atoms. The average molecular weight is 341 g/mol. The number of rotatable bonds is 3. The predicted octanol–water partition coefficient (Wildman–Crippen LogP) is 4.43. The van der Waals surface area contributed by atoms with Gasteiger partial charge in [0.1, 0.15) is 0 Å². The molecule has 1 aliphatic heterocycles. The van der Waals surface area contributed by atoms with Gasteiger partial charge in [0, 0.05) is 27.8 Å². The van der Waals surface area contributed by atoms with E-state index < -0.39 is 0 Å². The monoisotopic (exact) mass is 341 g/mol. The lowest BCUT2D eigenvalue weighted by Crippen LogP contribution is -2.58. The highest BCUT2D eigenvalue weighted by atomic mass is 16.5. The Kier molecular flexibility index (Phi) is 4.46. The number of fused-ring (bicyclic) bond motifs is 1. The Morgan fingerprint density at radius 2 is 1.60 bits per heavy atom. The molecule has 1 fully saturated rings. The van der Waals surface area contributed by atoms with Crippen LogP contribution in [0.15, 0.2) is 35.9 Å². The van der Waals surface area contributed by atoms with Crippen molar-refractivity contribution in [3.05, 3.63) is 47.0 Å². The molecule has 0 unspecified atom stereocenters. The molecule has 3 rings (SSSR count). The zero-order valence-corrected chi connectivity index (χ0v) is 15.5. The molecular weight excluding hydrogens is 314 g/mol. The van der Waals surface area contributed by atoms with Crippen molar-refractivity contribution in [2.45, 2.75) is 64.5 Å². The molecule has 1 heterocycles. The Bertz CT molecular complexity index is 727. The van der Waals surface area contributed by atoms with Crippen LogP contribution in [0.1, 0.15) is 74.1 Å². The third-order valence-electron chi connectivity index (χ3n) is 5.58. The lowest BCUT2D eigenvalue weighted by atomic mass is 9.73. The normalized spacial score (nSPS) is 23.3. The molecule has 1 N–H and O–H groups in total. The van der Waals surface area contributed by atoms with Crippen LogP contribution in [0.2, 0.25) is 0 Å². The van der Waals surface area contributed by atoms with Gasteiger partial charge in [-0.3, -0.25) is 9.59 Å². The molecule has 0 atom stereocenters. The lowest BCUT2D eigenvalue weighted by Gasteiger charge is -2.51. The fourth-order valence-corrected chi connectivity index (χ4v) is 4.60. The molecular formula is C21H27NO3. The van der Waals surface area contributed by atoms with Gasteiger partial charge in [-0.15, -0.1) is 0 Å². The Morgan fingerprint density at radius 3 is 2.20 bits per heavy atom. The Balaban J connectivity index is 1.72. The van der Waals surface area contributed by atoms with Crippen LogP contribution in [0.3, 0.4) is 0 Å². The summed E-state index contributed by atoms with van der Waals surface area (Å²) in [6.07, 6.45) is 4.73. The lowest BCUT2D eigenvalue weighted by molar-refractivity contribution is -0.251. The van der Waals surface area contributed by atoms with E-state index in [0.717, 1.165) is 19.3 Å². The van der Waals surface area contributed by atoms with E-state index >= 15 is 0 Å². The van der Waals surface area contributed by atoms with Crippen molar-refractivity contribution in [1.29, 1.82) is 0 Å². The van der Waals surface area contributed by atoms with Gasteiger partial charge in [-0.2, -0.15) is 5.06 Å². The van der Waals surface area contributed by atoms with E-state index in [1.165, 1.54) is 11.1 Å². The summed E-state index contributed by atoms with van der Waals surface area (Å²) in [5.74, 6) is 0.318. The molecule has 2 aliphatic rings. The highest BCUT2D eigenvalue weighted by Gasteiger charge is 2.44. The number of hydrogen-bond donors (Lipinski definition) is 1. The largest absolute Gasteiger partial charge is 0.313 e. The number of hydroxylamine groups is 2. The number of benzene rings is 1. The standard InChI is InChI=1S/C21H27NO3/c1-20(2)12-14(13-21(3,4)22(20)25)9-10-15-11-18(23)16-7-5-6-8-17(16)19(15)24/h5-8,11,14,25H,9-10,12-13H2,1-4H3. The van der Waals surface area contributed by atoms with Gasteiger partial charge in [0.15, 0.2) is 11.6 Å². The highest BCUT2D eigenvalue weighted by Crippen LogP contribution is 2.42. The smallest absolute Gasteiger partial charge is 0.189 e. The van der Waals surface area contributed by atoms with Crippen molar-refractivity contribution in [2.75, 3.05) is 0 Å². The molecule has 0 aromatic heterocycles. The first-order chi connectivity index (χ1) is 11.6. The van der Waals surface area contributed by atoms with Crippen molar-refractivity contribution in [1.82, 2.24) is 5.06 Å². The summed E-state index contributed by atoms with van der Waals surface area (Å²) in [6, 6.07) is 7.04. The Morgan fingerprint density at radius 1 is 1.04 bits per heavy atom. The topological polar surface area (TPSA) is 57.6 Å². The molecule has 4 nitrogen and oxygen atoms in total. The molecule has 0 amide bonds. The van der Waals surface area contributed by atoms with Crippen LogP contribution in [0, 0.1) is 5.92 Å². The number of carbonyl (C=O) groups excluding carboxylic acids is 2. The first-order valence-corrected chi connectivity index (χ1v) is 9.00. The quantitative estimate of drug-likeness (QED) is 0.883. The maximum Gasteiger partial charge on any atom is 0.189 e. The first-order valence-electron chi connectivity index (χ1n) is 9.00. The number of carbonyl (C=O) groups is 2. The van der Waals surface area contributed by atoms with E-state index in [4.69, 9.17) is 0 Å². The van der Waals surface area contributed by atoms with Crippen LogP contribution in [0.25, 0.3) is 0 Å². The molecule has 1 aromatic carbocycles. The number of hydrogen-bond acceptors (Lipinski definition) is 4. The molecule has 1 aromatic rings. The van der Waals surface area contributed by atoms with Gasteiger partial charge < -0.3 is 5.21 Å². The van der Waals surface area contributed by atoms with Crippen molar-refractivity contribution in [3.63, 3.8) is 0 Å². The molecule has 0 radical (unpaired) electrons. The summed E-state index contributed by atoms with van der Waals surface area (Å²) in [4.78, 5) is 24.9. The zero-order valence-electron chi connectivity index (χ0n) is 15.5. The van der Waals surface area contributed by atoms with Gasteiger partial charge in [0.2, 0.25) is 0 Å². The summed E-state index contributed by atoms with van der Waals surface area (Å²) in [7, 11) is 0. The second kappa shape index (κ2) is 6.19. The molecule has 1 saturated heterocycles. The molecule has 0 bridgehead atoms. The molecule has 134 valence electrons. The summed E-state index contributed by atoms with van der Waals surface area (Å²) in [5, 5.41) is 11.9. The zero-order chi connectivity index (χ0) is 18.4.